The maximum absolute atomic E-state index is 13.7. The van der Waals surface area contributed by atoms with Gasteiger partial charge in [0.05, 0.1) is 6.10 Å². The molecule has 0 aromatic carbocycles. The van der Waals surface area contributed by atoms with Gasteiger partial charge in [0.25, 0.3) is 0 Å². The second-order valence-electron chi connectivity index (χ2n) is 7.61. The molecule has 0 radical (unpaired) electrons. The van der Waals surface area contributed by atoms with E-state index in [0.29, 0.717) is 6.08 Å². The van der Waals surface area contributed by atoms with Crippen LogP contribution in [0.5, 0.6) is 0 Å². The summed E-state index contributed by atoms with van der Waals surface area (Å²) in [5.74, 6) is -51.4. The lowest BCUT2D eigenvalue weighted by Gasteiger charge is -2.45. The smallest absolute Gasteiger partial charge is 0.438 e. The molecule has 0 saturated carbocycles. The van der Waals surface area contributed by atoms with Crippen molar-refractivity contribution in [3.8, 4) is 0 Å². The number of halogens is 19. The van der Waals surface area contributed by atoms with Crippen molar-refractivity contribution in [1.29, 1.82) is 0 Å². The second-order valence-corrected chi connectivity index (χ2v) is 7.61. The highest BCUT2D eigenvalue weighted by Crippen LogP contribution is 2.66. The zero-order valence-electron chi connectivity index (χ0n) is 18.1. The number of aliphatic hydroxyl groups is 1. The Balaban J connectivity index is 6.39. The minimum atomic E-state index is -9.06. The number of hydrogen-bond donors (Lipinski definition) is 1. The lowest BCUT2D eigenvalue weighted by atomic mass is 9.83. The van der Waals surface area contributed by atoms with Crippen molar-refractivity contribution >= 4 is 5.97 Å². The summed E-state index contributed by atoms with van der Waals surface area (Å²) < 4.78 is 256. The van der Waals surface area contributed by atoms with Gasteiger partial charge >= 0.3 is 59.5 Å². The monoisotopic (exact) mass is 626 g/mol. The lowest BCUT2D eigenvalue weighted by Crippen LogP contribution is -2.77. The van der Waals surface area contributed by atoms with Crippen LogP contribution in [0, 0.1) is 0 Å². The molecule has 22 heteroatoms. The van der Waals surface area contributed by atoms with E-state index in [9.17, 15) is 93.3 Å². The van der Waals surface area contributed by atoms with Crippen LogP contribution in [0.3, 0.4) is 0 Å². The van der Waals surface area contributed by atoms with Crippen molar-refractivity contribution in [2.24, 2.45) is 0 Å². The zero-order valence-corrected chi connectivity index (χ0v) is 18.1. The third kappa shape index (κ3) is 5.84. The maximum Gasteiger partial charge on any atom is 0.438 e. The van der Waals surface area contributed by atoms with Gasteiger partial charge in [0.15, 0.2) is 0 Å². The molecule has 1 unspecified atom stereocenters. The van der Waals surface area contributed by atoms with Gasteiger partial charge in [0, 0.05) is 12.5 Å². The van der Waals surface area contributed by atoms with E-state index in [1.165, 1.54) is 0 Å². The van der Waals surface area contributed by atoms with Gasteiger partial charge in [-0.2, -0.15) is 79.0 Å². The fraction of sp³-hybridized carbons (Fsp3) is 0.824. The van der Waals surface area contributed by atoms with Crippen LogP contribution >= 0.6 is 0 Å². The zero-order chi connectivity index (χ0) is 31.9. The molecular weight excluding hydrogens is 613 g/mol. The van der Waals surface area contributed by atoms with Gasteiger partial charge in [-0.25, -0.2) is 9.18 Å². The molecule has 0 rings (SSSR count). The molecule has 232 valence electrons. The standard InChI is InChI=1S/C17H13F19O3/c1-2-8(38)39-6-7(37)4-3-5-9(18,19)11(21,22)13(25,26)15(29,30)14(27,28)12(23,24)10(20,16(31,32)33)17(34,35)36/h2,7,37H,1,3-6H2. The van der Waals surface area contributed by atoms with Crippen molar-refractivity contribution in [3.05, 3.63) is 12.7 Å². The van der Waals surface area contributed by atoms with Gasteiger partial charge in [-0.3, -0.25) is 0 Å². The van der Waals surface area contributed by atoms with Crippen LogP contribution in [0.4, 0.5) is 83.4 Å². The van der Waals surface area contributed by atoms with Crippen molar-refractivity contribution in [2.45, 2.75) is 78.9 Å². The van der Waals surface area contributed by atoms with E-state index in [0.717, 1.165) is 0 Å². The average molecular weight is 626 g/mol. The van der Waals surface area contributed by atoms with Crippen molar-refractivity contribution in [2.75, 3.05) is 6.61 Å². The van der Waals surface area contributed by atoms with Crippen LogP contribution < -0.4 is 0 Å². The number of alkyl halides is 19. The highest BCUT2D eigenvalue weighted by atomic mass is 19.4. The summed E-state index contributed by atoms with van der Waals surface area (Å²) in [4.78, 5) is 10.7. The maximum atomic E-state index is 13.7. The number of aliphatic hydroxyl groups excluding tert-OH is 1. The van der Waals surface area contributed by atoms with E-state index in [1.54, 1.807) is 0 Å². The topological polar surface area (TPSA) is 46.5 Å². The Bertz CT molecular complexity index is 859. The first-order valence-electron chi connectivity index (χ1n) is 9.41. The van der Waals surface area contributed by atoms with Crippen LogP contribution in [0.2, 0.25) is 0 Å². The van der Waals surface area contributed by atoms with E-state index in [-0.39, 0.29) is 0 Å². The minimum Gasteiger partial charge on any atom is -0.460 e. The number of ether oxygens (including phenoxy) is 1. The van der Waals surface area contributed by atoms with Gasteiger partial charge in [0.2, 0.25) is 0 Å². The molecule has 0 aliphatic carbocycles. The molecule has 0 heterocycles. The van der Waals surface area contributed by atoms with E-state index < -0.39 is 91.5 Å². The number of carbonyl (C=O) groups excluding carboxylic acids is 1. The molecule has 3 nitrogen and oxygen atoms in total. The summed E-state index contributed by atoms with van der Waals surface area (Å²) in [5, 5.41) is 9.27. The fourth-order valence-corrected chi connectivity index (χ4v) is 2.59. The van der Waals surface area contributed by atoms with Crippen molar-refractivity contribution in [1.82, 2.24) is 0 Å². The molecule has 0 spiro atoms. The Morgan fingerprint density at radius 3 is 1.38 bits per heavy atom. The molecule has 0 amide bonds. The molecule has 1 N–H and O–H groups in total. The first-order chi connectivity index (χ1) is 16.8. The minimum absolute atomic E-state index is 0.499. The van der Waals surface area contributed by atoms with E-state index >= 15 is 0 Å². The summed E-state index contributed by atoms with van der Waals surface area (Å²) in [5.41, 5.74) is -8.78. The highest BCUT2D eigenvalue weighted by Gasteiger charge is 2.98. The molecule has 1 atom stereocenters. The predicted octanol–water partition coefficient (Wildman–Crippen LogP) is 6.89. The van der Waals surface area contributed by atoms with Gasteiger partial charge in [-0.05, 0) is 12.8 Å². The molecule has 0 saturated heterocycles. The van der Waals surface area contributed by atoms with E-state index in [2.05, 4.69) is 11.3 Å². The second kappa shape index (κ2) is 10.7. The van der Waals surface area contributed by atoms with Gasteiger partial charge < -0.3 is 9.84 Å². The summed E-state index contributed by atoms with van der Waals surface area (Å²) in [6, 6.07) is 0. The Kier molecular flexibility index (Phi) is 10.1. The van der Waals surface area contributed by atoms with Gasteiger partial charge in [0.1, 0.15) is 6.61 Å². The summed E-state index contributed by atoms with van der Waals surface area (Å²) in [6.45, 7) is 1.79. The Morgan fingerprint density at radius 1 is 0.667 bits per heavy atom. The highest BCUT2D eigenvalue weighted by molar-refractivity contribution is 5.81. The largest absolute Gasteiger partial charge is 0.460 e. The average Bonchev–Trinajstić information content (AvgIpc) is 2.74. The number of hydrogen-bond acceptors (Lipinski definition) is 3. The van der Waals surface area contributed by atoms with Crippen molar-refractivity contribution in [3.63, 3.8) is 0 Å². The first-order valence-corrected chi connectivity index (χ1v) is 9.41. The number of carbonyl (C=O) groups is 1. The van der Waals surface area contributed by atoms with Crippen molar-refractivity contribution < 1.29 is 98.1 Å². The Labute approximate surface area is 203 Å². The predicted molar refractivity (Wildman–Crippen MR) is 86.6 cm³/mol. The van der Waals surface area contributed by atoms with Gasteiger partial charge in [-0.15, -0.1) is 0 Å². The van der Waals surface area contributed by atoms with E-state index in [4.69, 9.17) is 0 Å². The Hall–Kier alpha value is -2.16. The third-order valence-electron chi connectivity index (χ3n) is 4.86. The van der Waals surface area contributed by atoms with Gasteiger partial charge in [-0.1, -0.05) is 6.58 Å². The molecule has 0 fully saturated rings. The molecule has 0 aliphatic heterocycles. The van der Waals surface area contributed by atoms with Crippen LogP contribution in [-0.4, -0.2) is 77.3 Å². The SMILES string of the molecule is C=CC(=O)OCC(O)CCCC(F)(F)C(F)(F)C(F)(F)C(F)(F)C(F)(F)C(F)(F)C(F)(C(F)(F)F)C(F)(F)F. The fourth-order valence-electron chi connectivity index (χ4n) is 2.59. The third-order valence-corrected chi connectivity index (χ3v) is 4.86. The summed E-state index contributed by atoms with van der Waals surface area (Å²) in [7, 11) is 0. The summed E-state index contributed by atoms with van der Waals surface area (Å²) >= 11 is 0. The molecule has 0 aliphatic rings. The molecule has 0 aromatic rings. The molecule has 39 heavy (non-hydrogen) atoms. The van der Waals surface area contributed by atoms with Crippen LogP contribution in [-0.2, 0) is 9.53 Å². The lowest BCUT2D eigenvalue weighted by molar-refractivity contribution is -0.472. The molecular formula is C17H13F19O3. The van der Waals surface area contributed by atoms with Crippen LogP contribution in [0.25, 0.3) is 0 Å². The van der Waals surface area contributed by atoms with Crippen LogP contribution in [0.15, 0.2) is 12.7 Å². The van der Waals surface area contributed by atoms with Crippen LogP contribution in [0.1, 0.15) is 19.3 Å². The number of rotatable bonds is 13. The number of esters is 1. The Morgan fingerprint density at radius 2 is 1.03 bits per heavy atom. The molecule has 0 bridgehead atoms. The normalized spacial score (nSPS) is 16.2. The van der Waals surface area contributed by atoms with E-state index in [1.807, 2.05) is 0 Å². The molecule has 0 aromatic heterocycles. The first kappa shape index (κ1) is 36.8. The quantitative estimate of drug-likeness (QED) is 0.138. The summed E-state index contributed by atoms with van der Waals surface area (Å²) in [6.07, 6.45) is -23.8.